The average molecular weight is 370 g/mol. The van der Waals surface area contributed by atoms with E-state index in [0.717, 1.165) is 0 Å². The number of benzene rings is 1. The molecule has 3 N–H and O–H groups in total. The SMILES string of the molecule is CC1(C)S[C@@H]2[C@@H](NC(=O)Nc3ccc(Cl)cc3)C(=O)N2[C@H]1C(=O)O. The Morgan fingerprint density at radius 2 is 1.92 bits per heavy atom. The highest BCUT2D eigenvalue weighted by atomic mass is 35.5. The van der Waals surface area contributed by atoms with Crippen LogP contribution in [0.2, 0.25) is 5.02 Å². The number of β-lactam (4-membered cyclic amide) rings is 1. The zero-order chi connectivity index (χ0) is 17.6. The predicted octanol–water partition coefficient (Wildman–Crippen LogP) is 1.98. The highest BCUT2D eigenvalue weighted by Crippen LogP contribution is 2.50. The predicted molar refractivity (Wildman–Crippen MR) is 91.1 cm³/mol. The molecule has 0 saturated carbocycles. The van der Waals surface area contributed by atoms with Crippen LogP contribution in [0.5, 0.6) is 0 Å². The van der Waals surface area contributed by atoms with E-state index in [1.165, 1.54) is 16.7 Å². The number of anilines is 1. The zero-order valence-electron chi connectivity index (χ0n) is 12.9. The first-order valence-electron chi connectivity index (χ1n) is 7.26. The van der Waals surface area contributed by atoms with Gasteiger partial charge >= 0.3 is 12.0 Å². The molecule has 2 aliphatic heterocycles. The molecule has 3 amide bonds. The maximum Gasteiger partial charge on any atom is 0.327 e. The van der Waals surface area contributed by atoms with Gasteiger partial charge in [0.25, 0.3) is 0 Å². The van der Waals surface area contributed by atoms with Crippen LogP contribution in [0.4, 0.5) is 10.5 Å². The maximum atomic E-state index is 12.3. The average Bonchev–Trinajstić information content (AvgIpc) is 2.76. The van der Waals surface area contributed by atoms with E-state index in [0.29, 0.717) is 10.7 Å². The summed E-state index contributed by atoms with van der Waals surface area (Å²) < 4.78 is -0.616. The molecule has 0 aliphatic carbocycles. The van der Waals surface area contributed by atoms with Gasteiger partial charge < -0.3 is 20.6 Å². The molecule has 0 unspecified atom stereocenters. The van der Waals surface area contributed by atoms with Crippen LogP contribution in [0.1, 0.15) is 13.8 Å². The Morgan fingerprint density at radius 1 is 1.29 bits per heavy atom. The van der Waals surface area contributed by atoms with Gasteiger partial charge in [-0.05, 0) is 38.1 Å². The number of nitrogens with zero attached hydrogens (tertiary/aromatic N) is 1. The number of amides is 3. The van der Waals surface area contributed by atoms with Crippen LogP contribution in [0.3, 0.4) is 0 Å². The maximum absolute atomic E-state index is 12.3. The van der Waals surface area contributed by atoms with Gasteiger partial charge in [0.2, 0.25) is 5.91 Å². The number of rotatable bonds is 3. The molecule has 128 valence electrons. The fraction of sp³-hybridized carbons (Fsp3) is 0.400. The van der Waals surface area contributed by atoms with Gasteiger partial charge in [0.15, 0.2) is 0 Å². The van der Waals surface area contributed by atoms with E-state index in [9.17, 15) is 19.5 Å². The van der Waals surface area contributed by atoms with Crippen molar-refractivity contribution in [3.63, 3.8) is 0 Å². The molecule has 1 aromatic rings. The molecule has 0 radical (unpaired) electrons. The van der Waals surface area contributed by atoms with Crippen LogP contribution >= 0.6 is 23.4 Å². The van der Waals surface area contributed by atoms with Gasteiger partial charge in [0, 0.05) is 15.5 Å². The summed E-state index contributed by atoms with van der Waals surface area (Å²) in [7, 11) is 0. The zero-order valence-corrected chi connectivity index (χ0v) is 14.5. The summed E-state index contributed by atoms with van der Waals surface area (Å²) in [6, 6.07) is 4.42. The van der Waals surface area contributed by atoms with Crippen molar-refractivity contribution in [2.24, 2.45) is 0 Å². The van der Waals surface area contributed by atoms with Gasteiger partial charge in [-0.1, -0.05) is 11.6 Å². The van der Waals surface area contributed by atoms with Crippen molar-refractivity contribution in [2.75, 3.05) is 5.32 Å². The second kappa shape index (κ2) is 5.86. The van der Waals surface area contributed by atoms with Gasteiger partial charge in [-0.15, -0.1) is 11.8 Å². The van der Waals surface area contributed by atoms with Crippen LogP contribution in [-0.4, -0.2) is 50.1 Å². The number of urea groups is 1. The standard InChI is InChI=1S/C15H16ClN3O4S/c1-15(2)10(13(21)22)19-11(20)9(12(19)24-15)18-14(23)17-8-5-3-7(16)4-6-8/h3-6,9-10,12H,1-2H3,(H,21,22)(H2,17,18,23)/t9-,10-,12+/m0/s1. The minimum absolute atomic E-state index is 0.371. The highest BCUT2D eigenvalue weighted by Gasteiger charge is 2.64. The number of fused-ring (bicyclic) bond motifs is 1. The third kappa shape index (κ3) is 2.80. The van der Waals surface area contributed by atoms with Crippen molar-refractivity contribution in [2.45, 2.75) is 36.1 Å². The van der Waals surface area contributed by atoms with E-state index in [2.05, 4.69) is 10.6 Å². The molecule has 2 saturated heterocycles. The quantitative estimate of drug-likeness (QED) is 0.707. The van der Waals surface area contributed by atoms with E-state index in [-0.39, 0.29) is 11.3 Å². The molecule has 2 aliphatic rings. The number of nitrogens with one attached hydrogen (secondary N) is 2. The molecule has 0 spiro atoms. The van der Waals surface area contributed by atoms with E-state index in [1.807, 2.05) is 0 Å². The summed E-state index contributed by atoms with van der Waals surface area (Å²) in [5.41, 5.74) is 0.545. The van der Waals surface area contributed by atoms with Crippen molar-refractivity contribution in [1.29, 1.82) is 0 Å². The molecular weight excluding hydrogens is 354 g/mol. The second-order valence-corrected chi connectivity index (χ2v) is 8.39. The largest absolute Gasteiger partial charge is 0.480 e. The van der Waals surface area contributed by atoms with Crippen molar-refractivity contribution >= 4 is 47.0 Å². The van der Waals surface area contributed by atoms with Gasteiger partial charge in [0.1, 0.15) is 17.5 Å². The van der Waals surface area contributed by atoms with E-state index in [1.54, 1.807) is 38.1 Å². The second-order valence-electron chi connectivity index (χ2n) is 6.18. The van der Waals surface area contributed by atoms with Crippen LogP contribution in [0.15, 0.2) is 24.3 Å². The lowest BCUT2D eigenvalue weighted by Gasteiger charge is -2.43. The highest BCUT2D eigenvalue weighted by molar-refractivity contribution is 8.01. The molecule has 3 rings (SSSR count). The lowest BCUT2D eigenvalue weighted by molar-refractivity contribution is -0.159. The topological polar surface area (TPSA) is 98.7 Å². The van der Waals surface area contributed by atoms with Crippen LogP contribution < -0.4 is 10.6 Å². The number of carboxylic acid groups (broad SMARTS) is 1. The Labute approximate surface area is 147 Å². The van der Waals surface area contributed by atoms with Crippen LogP contribution in [0, 0.1) is 0 Å². The Bertz CT molecular complexity index is 709. The number of carbonyl (C=O) groups is 3. The molecule has 7 nitrogen and oxygen atoms in total. The molecule has 0 bridgehead atoms. The van der Waals surface area contributed by atoms with Crippen LogP contribution in [0.25, 0.3) is 0 Å². The Kier molecular flexibility index (Phi) is 4.13. The summed E-state index contributed by atoms with van der Waals surface area (Å²) in [5.74, 6) is -1.41. The first-order chi connectivity index (χ1) is 11.2. The molecular formula is C15H16ClN3O4S. The number of hydrogen-bond acceptors (Lipinski definition) is 4. The van der Waals surface area contributed by atoms with Gasteiger partial charge in [-0.3, -0.25) is 4.79 Å². The van der Waals surface area contributed by atoms with E-state index < -0.39 is 28.8 Å². The number of thioether (sulfide) groups is 1. The first-order valence-corrected chi connectivity index (χ1v) is 8.52. The molecule has 3 atom stereocenters. The fourth-order valence-electron chi connectivity index (χ4n) is 2.99. The molecule has 1 aromatic carbocycles. The van der Waals surface area contributed by atoms with Gasteiger partial charge in [0.05, 0.1) is 0 Å². The number of carboxylic acids is 1. The molecule has 24 heavy (non-hydrogen) atoms. The Balaban J connectivity index is 1.65. The molecule has 0 aromatic heterocycles. The number of aliphatic carboxylic acids is 1. The Hall–Kier alpha value is -1.93. The number of hydrogen-bond donors (Lipinski definition) is 3. The smallest absolute Gasteiger partial charge is 0.327 e. The minimum Gasteiger partial charge on any atom is -0.480 e. The third-order valence-corrected chi connectivity index (χ3v) is 5.89. The van der Waals surface area contributed by atoms with Crippen molar-refractivity contribution in [3.8, 4) is 0 Å². The van der Waals surface area contributed by atoms with E-state index in [4.69, 9.17) is 11.6 Å². The van der Waals surface area contributed by atoms with Crippen molar-refractivity contribution in [1.82, 2.24) is 10.2 Å². The summed E-state index contributed by atoms with van der Waals surface area (Å²) in [4.78, 5) is 37.1. The van der Waals surface area contributed by atoms with Crippen LogP contribution in [-0.2, 0) is 9.59 Å². The summed E-state index contributed by atoms with van der Waals surface area (Å²) >= 11 is 7.16. The van der Waals surface area contributed by atoms with Crippen molar-refractivity contribution in [3.05, 3.63) is 29.3 Å². The molecule has 2 fully saturated rings. The summed E-state index contributed by atoms with van der Waals surface area (Å²) in [6.45, 7) is 3.57. The third-order valence-electron chi connectivity index (χ3n) is 4.06. The monoisotopic (exact) mass is 369 g/mol. The van der Waals surface area contributed by atoms with Crippen molar-refractivity contribution < 1.29 is 19.5 Å². The Morgan fingerprint density at radius 3 is 2.50 bits per heavy atom. The lowest BCUT2D eigenvalue weighted by Crippen LogP contribution is -2.70. The number of halogens is 1. The summed E-state index contributed by atoms with van der Waals surface area (Å²) in [6.07, 6.45) is 0. The minimum atomic E-state index is -1.03. The first kappa shape index (κ1) is 16.9. The fourth-order valence-corrected chi connectivity index (χ4v) is 4.74. The lowest BCUT2D eigenvalue weighted by atomic mass is 9.96. The van der Waals surface area contributed by atoms with Gasteiger partial charge in [-0.25, -0.2) is 9.59 Å². The molecule has 9 heteroatoms. The van der Waals surface area contributed by atoms with E-state index >= 15 is 0 Å². The van der Waals surface area contributed by atoms with Gasteiger partial charge in [-0.2, -0.15) is 0 Å². The summed E-state index contributed by atoms with van der Waals surface area (Å²) in [5, 5.41) is 14.8. The molecule has 2 heterocycles. The normalized spacial score (nSPS) is 27.2. The number of carbonyl (C=O) groups excluding carboxylic acids is 2.